The highest BCUT2D eigenvalue weighted by atomic mass is 127. The van der Waals surface area contributed by atoms with E-state index in [-0.39, 0.29) is 17.2 Å². The van der Waals surface area contributed by atoms with Crippen LogP contribution >= 0.6 is 22.6 Å². The van der Waals surface area contributed by atoms with Gasteiger partial charge in [-0.25, -0.2) is 9.97 Å². The van der Waals surface area contributed by atoms with Crippen molar-refractivity contribution in [1.29, 1.82) is 5.26 Å². The molecule has 0 aliphatic rings. The minimum absolute atomic E-state index is 0.123. The van der Waals surface area contributed by atoms with Crippen LogP contribution in [-0.4, -0.2) is 9.97 Å². The summed E-state index contributed by atoms with van der Waals surface area (Å²) in [4.78, 5) is 7.92. The highest BCUT2D eigenvalue weighted by Gasteiger charge is 2.31. The zero-order chi connectivity index (χ0) is 14.8. The van der Waals surface area contributed by atoms with Gasteiger partial charge in [0.25, 0.3) is 0 Å². The van der Waals surface area contributed by atoms with Crippen LogP contribution in [0, 0.1) is 14.9 Å². The van der Waals surface area contributed by atoms with E-state index >= 15 is 0 Å². The van der Waals surface area contributed by atoms with E-state index in [1.165, 1.54) is 6.07 Å². The zero-order valence-corrected chi connectivity index (χ0v) is 11.9. The molecule has 0 unspecified atom stereocenters. The molecule has 1 aromatic carbocycles. The first-order valence-electron chi connectivity index (χ1n) is 5.26. The Bertz CT molecular complexity index is 662. The summed E-state index contributed by atoms with van der Waals surface area (Å²) in [5.41, 5.74) is -0.771. The number of anilines is 2. The van der Waals surface area contributed by atoms with Crippen LogP contribution in [0.5, 0.6) is 0 Å². The molecule has 1 N–H and O–H groups in total. The standard InChI is InChI=1S/C12H6F3IN4/c13-12(14,15)8-1-2-10(7(3-8)4-17)20-11-18-5-9(16)6-19-11/h1-3,5-6H,(H,18,19,20). The van der Waals surface area contributed by atoms with Crippen LogP contribution in [0.25, 0.3) is 0 Å². The molecule has 2 rings (SSSR count). The molecular formula is C12H6F3IN4. The molecule has 0 amide bonds. The maximum atomic E-state index is 12.6. The van der Waals surface area contributed by atoms with Crippen LogP contribution in [0.3, 0.4) is 0 Å². The lowest BCUT2D eigenvalue weighted by atomic mass is 10.1. The Morgan fingerprint density at radius 2 is 1.85 bits per heavy atom. The van der Waals surface area contributed by atoms with Crippen molar-refractivity contribution < 1.29 is 13.2 Å². The molecule has 0 saturated carbocycles. The predicted molar refractivity (Wildman–Crippen MR) is 74.2 cm³/mol. The number of nitrogens with zero attached hydrogens (tertiary/aromatic N) is 3. The van der Waals surface area contributed by atoms with Gasteiger partial charge in [0.05, 0.1) is 16.8 Å². The highest BCUT2D eigenvalue weighted by molar-refractivity contribution is 14.1. The molecule has 0 radical (unpaired) electrons. The summed E-state index contributed by atoms with van der Waals surface area (Å²) < 4.78 is 38.5. The fraction of sp³-hybridized carbons (Fsp3) is 0.0833. The van der Waals surface area contributed by atoms with Crippen LogP contribution < -0.4 is 5.32 Å². The maximum absolute atomic E-state index is 12.6. The van der Waals surface area contributed by atoms with E-state index in [0.717, 1.165) is 15.7 Å². The van der Waals surface area contributed by atoms with E-state index in [0.29, 0.717) is 0 Å². The predicted octanol–water partition coefficient (Wildman–Crippen LogP) is 3.72. The van der Waals surface area contributed by atoms with Gasteiger partial charge in [0.15, 0.2) is 0 Å². The number of hydrogen-bond donors (Lipinski definition) is 1. The third kappa shape index (κ3) is 3.36. The SMILES string of the molecule is N#Cc1cc(C(F)(F)F)ccc1Nc1ncc(I)cn1. The van der Waals surface area contributed by atoms with E-state index in [1.54, 1.807) is 18.5 Å². The van der Waals surface area contributed by atoms with E-state index < -0.39 is 11.7 Å². The second-order valence-electron chi connectivity index (χ2n) is 3.72. The third-order valence-electron chi connectivity index (χ3n) is 2.33. The summed E-state index contributed by atoms with van der Waals surface area (Å²) in [6, 6.07) is 4.59. The lowest BCUT2D eigenvalue weighted by Gasteiger charge is -2.10. The van der Waals surface area contributed by atoms with Gasteiger partial charge in [-0.3, -0.25) is 0 Å². The Kier molecular flexibility index (Phi) is 4.08. The van der Waals surface area contributed by atoms with E-state index in [4.69, 9.17) is 5.26 Å². The third-order valence-corrected chi connectivity index (χ3v) is 2.89. The number of aromatic nitrogens is 2. The van der Waals surface area contributed by atoms with Crippen LogP contribution in [0.2, 0.25) is 0 Å². The van der Waals surface area contributed by atoms with Crippen molar-refractivity contribution in [3.63, 3.8) is 0 Å². The molecule has 0 saturated heterocycles. The Morgan fingerprint density at radius 1 is 1.20 bits per heavy atom. The highest BCUT2D eigenvalue weighted by Crippen LogP contribution is 2.32. The quantitative estimate of drug-likeness (QED) is 0.795. The van der Waals surface area contributed by atoms with Crippen molar-refractivity contribution in [2.24, 2.45) is 0 Å². The fourth-order valence-corrected chi connectivity index (χ4v) is 1.70. The van der Waals surface area contributed by atoms with E-state index in [2.05, 4.69) is 15.3 Å². The average Bonchev–Trinajstić information content (AvgIpc) is 2.40. The summed E-state index contributed by atoms with van der Waals surface area (Å²) in [6.07, 6.45) is -1.39. The van der Waals surface area contributed by atoms with Gasteiger partial charge in [0.2, 0.25) is 5.95 Å². The summed E-state index contributed by atoms with van der Waals surface area (Å²) >= 11 is 2.02. The number of benzene rings is 1. The Morgan fingerprint density at radius 3 is 2.40 bits per heavy atom. The molecule has 4 nitrogen and oxygen atoms in total. The second-order valence-corrected chi connectivity index (χ2v) is 4.97. The summed E-state index contributed by atoms with van der Waals surface area (Å²) in [5.74, 6) is 0.210. The summed E-state index contributed by atoms with van der Waals surface area (Å²) in [6.45, 7) is 0. The van der Waals surface area contributed by atoms with Gasteiger partial charge in [0, 0.05) is 16.0 Å². The average molecular weight is 390 g/mol. The normalized spacial score (nSPS) is 10.9. The molecule has 0 atom stereocenters. The van der Waals surface area contributed by atoms with Crippen molar-refractivity contribution >= 4 is 34.2 Å². The second kappa shape index (κ2) is 5.62. The summed E-state index contributed by atoms with van der Waals surface area (Å²) in [5, 5.41) is 11.6. The molecular weight excluding hydrogens is 384 g/mol. The first-order valence-corrected chi connectivity index (χ1v) is 6.34. The van der Waals surface area contributed by atoms with Gasteiger partial charge in [0.1, 0.15) is 6.07 Å². The minimum atomic E-state index is -4.48. The first kappa shape index (κ1) is 14.5. The van der Waals surface area contributed by atoms with Gasteiger partial charge in [-0.2, -0.15) is 18.4 Å². The molecule has 1 aromatic heterocycles. The van der Waals surface area contributed by atoms with Crippen LogP contribution in [-0.2, 0) is 6.18 Å². The molecule has 1 heterocycles. The van der Waals surface area contributed by atoms with Crippen molar-refractivity contribution in [2.45, 2.75) is 6.18 Å². The number of hydrogen-bond acceptors (Lipinski definition) is 4. The minimum Gasteiger partial charge on any atom is -0.323 e. The lowest BCUT2D eigenvalue weighted by molar-refractivity contribution is -0.137. The largest absolute Gasteiger partial charge is 0.416 e. The summed E-state index contributed by atoms with van der Waals surface area (Å²) in [7, 11) is 0. The molecule has 0 bridgehead atoms. The smallest absolute Gasteiger partial charge is 0.323 e. The molecule has 102 valence electrons. The van der Waals surface area contributed by atoms with E-state index in [1.807, 2.05) is 22.6 Å². The number of nitriles is 1. The number of rotatable bonds is 2. The monoisotopic (exact) mass is 390 g/mol. The van der Waals surface area contributed by atoms with Gasteiger partial charge < -0.3 is 5.32 Å². The number of halogens is 4. The number of nitrogens with one attached hydrogen (secondary N) is 1. The molecule has 2 aromatic rings. The van der Waals surface area contributed by atoms with Gasteiger partial charge in [-0.1, -0.05) is 0 Å². The van der Waals surface area contributed by atoms with Gasteiger partial charge >= 0.3 is 6.18 Å². The molecule has 0 aliphatic heterocycles. The van der Waals surface area contributed by atoms with Crippen LogP contribution in [0.15, 0.2) is 30.6 Å². The van der Waals surface area contributed by atoms with Crippen LogP contribution in [0.4, 0.5) is 24.8 Å². The Balaban J connectivity index is 2.33. The number of alkyl halides is 3. The lowest BCUT2D eigenvalue weighted by Crippen LogP contribution is -2.06. The first-order chi connectivity index (χ1) is 9.40. The molecule has 0 spiro atoms. The van der Waals surface area contributed by atoms with Crippen LogP contribution in [0.1, 0.15) is 11.1 Å². The molecule has 20 heavy (non-hydrogen) atoms. The van der Waals surface area contributed by atoms with E-state index in [9.17, 15) is 13.2 Å². The molecule has 8 heteroatoms. The van der Waals surface area contributed by atoms with Crippen molar-refractivity contribution in [3.05, 3.63) is 45.3 Å². The van der Waals surface area contributed by atoms with Crippen molar-refractivity contribution in [2.75, 3.05) is 5.32 Å². The topological polar surface area (TPSA) is 61.6 Å². The zero-order valence-electron chi connectivity index (χ0n) is 9.74. The van der Waals surface area contributed by atoms with Crippen molar-refractivity contribution in [1.82, 2.24) is 9.97 Å². The van der Waals surface area contributed by atoms with Gasteiger partial charge in [-0.15, -0.1) is 0 Å². The molecule has 0 aliphatic carbocycles. The Hall–Kier alpha value is -1.89. The maximum Gasteiger partial charge on any atom is 0.416 e. The van der Waals surface area contributed by atoms with Gasteiger partial charge in [-0.05, 0) is 40.8 Å². The fourth-order valence-electron chi connectivity index (χ4n) is 1.42. The van der Waals surface area contributed by atoms with Crippen molar-refractivity contribution in [3.8, 4) is 6.07 Å². The Labute approximate surface area is 125 Å². The molecule has 0 fully saturated rings.